The molecule has 0 spiro atoms. The van der Waals surface area contributed by atoms with Crippen molar-refractivity contribution in [2.75, 3.05) is 0 Å². The average Bonchev–Trinajstić information content (AvgIpc) is 2.83. The van der Waals surface area contributed by atoms with Gasteiger partial charge in [0.15, 0.2) is 0 Å². The molecule has 0 aliphatic rings. The number of aliphatic hydroxyl groups excluding tert-OH is 1. The molecule has 2 rings (SSSR count). The van der Waals surface area contributed by atoms with Crippen molar-refractivity contribution in [2.45, 2.75) is 84.3 Å². The van der Waals surface area contributed by atoms with E-state index >= 15 is 0 Å². The summed E-state index contributed by atoms with van der Waals surface area (Å²) in [6, 6.07) is 8.24. The lowest BCUT2D eigenvalue weighted by Crippen LogP contribution is -2.44. The Balaban J connectivity index is 0.000000422. The molecular weight excluding hydrogens is 552 g/mol. The molecule has 13 nitrogen and oxygen atoms in total. The quantitative estimate of drug-likeness (QED) is 0.224. The molecule has 0 bridgehead atoms. The van der Waals surface area contributed by atoms with Crippen LogP contribution in [0.5, 0.6) is 11.5 Å². The van der Waals surface area contributed by atoms with Gasteiger partial charge in [0.2, 0.25) is 0 Å². The summed E-state index contributed by atoms with van der Waals surface area (Å²) in [6.07, 6.45) is -1.48. The van der Waals surface area contributed by atoms with Gasteiger partial charge in [-0.2, -0.15) is 0 Å². The van der Waals surface area contributed by atoms with Gasteiger partial charge < -0.3 is 45.6 Å². The number of alkyl carbamates (subject to hydrolysis) is 2. The molecule has 42 heavy (non-hydrogen) atoms. The van der Waals surface area contributed by atoms with Crippen molar-refractivity contribution < 1.29 is 54.2 Å². The Labute approximate surface area is 244 Å². The van der Waals surface area contributed by atoms with Crippen LogP contribution in [0, 0.1) is 0 Å². The number of carbonyl (C=O) groups is 4. The lowest BCUT2D eigenvalue weighted by atomic mass is 10.0. The Morgan fingerprint density at radius 3 is 1.50 bits per heavy atom. The molecule has 0 radical (unpaired) electrons. The number of rotatable bonds is 9. The maximum Gasteiger partial charge on any atom is 0.408 e. The van der Waals surface area contributed by atoms with Crippen molar-refractivity contribution in [3.05, 3.63) is 59.2 Å². The highest BCUT2D eigenvalue weighted by Gasteiger charge is 2.25. The van der Waals surface area contributed by atoms with Gasteiger partial charge in [0.1, 0.15) is 34.8 Å². The number of aliphatic hydroxyl groups is 1. The van der Waals surface area contributed by atoms with E-state index in [-0.39, 0.29) is 30.9 Å². The minimum Gasteiger partial charge on any atom is -0.508 e. The van der Waals surface area contributed by atoms with Crippen LogP contribution in [0.3, 0.4) is 0 Å². The minimum absolute atomic E-state index is 0.00184. The predicted molar refractivity (Wildman–Crippen MR) is 151 cm³/mol. The summed E-state index contributed by atoms with van der Waals surface area (Å²) < 4.78 is 10.0. The molecule has 0 saturated heterocycles. The second-order valence-electron chi connectivity index (χ2n) is 11.3. The molecule has 0 aromatic heterocycles. The molecule has 232 valence electrons. The molecule has 0 heterocycles. The molecule has 2 aromatic rings. The molecule has 2 amide bonds. The Hall–Kier alpha value is -4.52. The fourth-order valence-electron chi connectivity index (χ4n) is 3.30. The summed E-state index contributed by atoms with van der Waals surface area (Å²) in [5.74, 6) is -2.33. The van der Waals surface area contributed by atoms with Gasteiger partial charge in [0.25, 0.3) is 0 Å². The molecule has 2 aromatic carbocycles. The number of nitrogens with one attached hydrogen (secondary N) is 2. The lowest BCUT2D eigenvalue weighted by Gasteiger charge is -2.22. The summed E-state index contributed by atoms with van der Waals surface area (Å²) in [4.78, 5) is 45.7. The van der Waals surface area contributed by atoms with Crippen molar-refractivity contribution in [1.29, 1.82) is 0 Å². The van der Waals surface area contributed by atoms with Gasteiger partial charge in [-0.1, -0.05) is 18.2 Å². The second-order valence-corrected chi connectivity index (χ2v) is 11.3. The molecule has 0 aliphatic carbocycles. The first-order valence-corrected chi connectivity index (χ1v) is 12.9. The molecule has 0 aliphatic heterocycles. The summed E-state index contributed by atoms with van der Waals surface area (Å²) >= 11 is 0. The van der Waals surface area contributed by atoms with Gasteiger partial charge in [-0.3, -0.25) is 0 Å². The van der Waals surface area contributed by atoms with E-state index < -0.39 is 47.4 Å². The molecule has 0 saturated carbocycles. The SMILES string of the molecule is CC(C)(C)OC(=O)NC(Cc1ccc(O)c(CO)c1)C(=O)O.CC(C)(C)OC(=O)NC(Cc1ccc(O)cc1)C(=O)O. The van der Waals surface area contributed by atoms with Crippen molar-refractivity contribution in [1.82, 2.24) is 10.6 Å². The Morgan fingerprint density at radius 2 is 1.12 bits per heavy atom. The third-order valence-electron chi connectivity index (χ3n) is 5.11. The summed E-state index contributed by atoms with van der Waals surface area (Å²) in [7, 11) is 0. The summed E-state index contributed by atoms with van der Waals surface area (Å²) in [5, 5.41) is 50.7. The van der Waals surface area contributed by atoms with E-state index in [0.717, 1.165) is 0 Å². The van der Waals surface area contributed by atoms with E-state index in [0.29, 0.717) is 16.7 Å². The van der Waals surface area contributed by atoms with E-state index in [9.17, 15) is 29.4 Å². The number of hydrogen-bond donors (Lipinski definition) is 7. The highest BCUT2D eigenvalue weighted by atomic mass is 16.6. The van der Waals surface area contributed by atoms with Crippen LogP contribution in [0.2, 0.25) is 0 Å². The van der Waals surface area contributed by atoms with Crippen LogP contribution < -0.4 is 10.6 Å². The van der Waals surface area contributed by atoms with E-state index in [2.05, 4.69) is 10.6 Å². The molecule has 2 unspecified atom stereocenters. The number of carboxylic acids is 2. The zero-order valence-electron chi connectivity index (χ0n) is 24.5. The van der Waals surface area contributed by atoms with Crippen molar-refractivity contribution in [3.63, 3.8) is 0 Å². The number of benzene rings is 2. The molecule has 0 fully saturated rings. The fraction of sp³-hybridized carbons (Fsp3) is 0.448. The van der Waals surface area contributed by atoms with E-state index in [1.165, 1.54) is 30.3 Å². The second kappa shape index (κ2) is 15.5. The van der Waals surface area contributed by atoms with Gasteiger partial charge in [0, 0.05) is 18.4 Å². The highest BCUT2D eigenvalue weighted by molar-refractivity contribution is 5.81. The lowest BCUT2D eigenvalue weighted by molar-refractivity contribution is -0.140. The Bertz CT molecular complexity index is 1220. The van der Waals surface area contributed by atoms with Crippen LogP contribution >= 0.6 is 0 Å². The predicted octanol–water partition coefficient (Wildman–Crippen LogP) is 3.32. The number of amides is 2. The topological polar surface area (TPSA) is 212 Å². The molecule has 13 heteroatoms. The van der Waals surface area contributed by atoms with Gasteiger partial charge in [-0.15, -0.1) is 0 Å². The third-order valence-corrected chi connectivity index (χ3v) is 5.11. The van der Waals surface area contributed by atoms with E-state index in [1.807, 2.05) is 0 Å². The van der Waals surface area contributed by atoms with Gasteiger partial charge in [0.05, 0.1) is 6.61 Å². The normalized spacial score (nSPS) is 12.5. The standard InChI is InChI=1S/C15H21NO6.C14H19NO5/c1-15(2,3)22-14(21)16-11(13(19)20)7-9-4-5-12(18)10(6-9)8-17;1-14(2,3)20-13(19)15-11(12(17)18)8-9-4-6-10(16)7-5-9/h4-6,11,17-18H,7-8H2,1-3H3,(H,16,21)(H,19,20);4-7,11,16H,8H2,1-3H3,(H,15,19)(H,17,18). The van der Waals surface area contributed by atoms with E-state index in [4.69, 9.17) is 24.8 Å². The van der Waals surface area contributed by atoms with Crippen LogP contribution in [0.25, 0.3) is 0 Å². The number of phenolic OH excluding ortho intramolecular Hbond substituents is 1. The third kappa shape index (κ3) is 14.2. The van der Waals surface area contributed by atoms with Gasteiger partial charge in [-0.25, -0.2) is 19.2 Å². The number of hydrogen-bond acceptors (Lipinski definition) is 9. The number of aromatic hydroxyl groups is 2. The smallest absolute Gasteiger partial charge is 0.408 e. The number of ether oxygens (including phenoxy) is 2. The van der Waals surface area contributed by atoms with Crippen LogP contribution in [0.1, 0.15) is 58.2 Å². The first-order chi connectivity index (χ1) is 19.3. The number of phenols is 2. The summed E-state index contributed by atoms with van der Waals surface area (Å²) in [6.45, 7) is 9.76. The number of carboxylic acid groups (broad SMARTS) is 2. The van der Waals surface area contributed by atoms with Gasteiger partial charge in [-0.05, 0) is 76.9 Å². The van der Waals surface area contributed by atoms with Crippen LogP contribution in [-0.2, 0) is 38.5 Å². The van der Waals surface area contributed by atoms with Crippen molar-refractivity contribution in [2.24, 2.45) is 0 Å². The molecule has 7 N–H and O–H groups in total. The Morgan fingerprint density at radius 1 is 0.714 bits per heavy atom. The van der Waals surface area contributed by atoms with Crippen LogP contribution in [0.15, 0.2) is 42.5 Å². The maximum absolute atomic E-state index is 11.7. The van der Waals surface area contributed by atoms with Crippen LogP contribution in [-0.4, -0.2) is 72.9 Å². The van der Waals surface area contributed by atoms with E-state index in [1.54, 1.807) is 53.7 Å². The number of aliphatic carboxylic acids is 2. The average molecular weight is 593 g/mol. The molecular formula is C29H40N2O11. The largest absolute Gasteiger partial charge is 0.508 e. The maximum atomic E-state index is 11.7. The minimum atomic E-state index is -1.20. The summed E-state index contributed by atoms with van der Waals surface area (Å²) in [5.41, 5.74) is 0.122. The zero-order chi connectivity index (χ0) is 32.3. The molecule has 2 atom stereocenters. The van der Waals surface area contributed by atoms with Gasteiger partial charge >= 0.3 is 24.1 Å². The monoisotopic (exact) mass is 592 g/mol. The first kappa shape index (κ1) is 35.5. The number of carbonyl (C=O) groups excluding carboxylic acids is 2. The Kier molecular flexibility index (Phi) is 13.1. The fourth-order valence-corrected chi connectivity index (χ4v) is 3.30. The van der Waals surface area contributed by atoms with Crippen molar-refractivity contribution in [3.8, 4) is 11.5 Å². The van der Waals surface area contributed by atoms with Crippen LogP contribution in [0.4, 0.5) is 9.59 Å². The van der Waals surface area contributed by atoms with Crippen molar-refractivity contribution >= 4 is 24.1 Å². The zero-order valence-corrected chi connectivity index (χ0v) is 24.5. The highest BCUT2D eigenvalue weighted by Crippen LogP contribution is 2.19. The first-order valence-electron chi connectivity index (χ1n) is 12.9.